The van der Waals surface area contributed by atoms with Gasteiger partial charge in [0.05, 0.1) is 12.8 Å². The monoisotopic (exact) mass is 448 g/mol. The molecule has 2 heterocycles. The van der Waals surface area contributed by atoms with Crippen molar-refractivity contribution in [3.05, 3.63) is 83.7 Å². The van der Waals surface area contributed by atoms with Gasteiger partial charge in [-0.1, -0.05) is 52.3 Å². The van der Waals surface area contributed by atoms with Crippen molar-refractivity contribution in [1.29, 1.82) is 0 Å². The zero-order valence-electron chi connectivity index (χ0n) is 16.1. The molecule has 0 spiro atoms. The standard InChI is InChI=1S/C23H21BrN4O/c1-29-22-15-17(10-12-25-22)14-21-19-7-2-3-8-20(19)23(28-27-21)26-18-6-4-5-16(13-18)9-11-24/h2-8,10,12-13,15H,9,11,14H2,1H3,(H,26,28). The Morgan fingerprint density at radius 1 is 0.931 bits per heavy atom. The van der Waals surface area contributed by atoms with E-state index < -0.39 is 0 Å². The van der Waals surface area contributed by atoms with E-state index in [0.717, 1.165) is 45.3 Å². The molecular formula is C23H21BrN4O. The van der Waals surface area contributed by atoms with Crippen LogP contribution in [0.5, 0.6) is 5.88 Å². The summed E-state index contributed by atoms with van der Waals surface area (Å²) in [7, 11) is 1.62. The number of benzene rings is 2. The average Bonchev–Trinajstić information content (AvgIpc) is 2.76. The lowest BCUT2D eigenvalue weighted by molar-refractivity contribution is 0.397. The lowest BCUT2D eigenvalue weighted by Gasteiger charge is -2.12. The molecule has 0 saturated heterocycles. The molecule has 0 amide bonds. The molecule has 0 bridgehead atoms. The highest BCUT2D eigenvalue weighted by molar-refractivity contribution is 9.09. The summed E-state index contributed by atoms with van der Waals surface area (Å²) in [6.07, 6.45) is 3.39. The first-order valence-corrected chi connectivity index (χ1v) is 10.5. The van der Waals surface area contributed by atoms with Crippen LogP contribution in [0.2, 0.25) is 0 Å². The number of halogens is 1. The molecule has 2 aromatic carbocycles. The zero-order chi connectivity index (χ0) is 20.1. The number of nitrogens with zero attached hydrogens (tertiary/aromatic N) is 3. The summed E-state index contributed by atoms with van der Waals surface area (Å²) in [4.78, 5) is 4.17. The largest absolute Gasteiger partial charge is 0.481 e. The lowest BCUT2D eigenvalue weighted by atomic mass is 10.0. The van der Waals surface area contributed by atoms with E-state index in [9.17, 15) is 0 Å². The number of nitrogens with one attached hydrogen (secondary N) is 1. The summed E-state index contributed by atoms with van der Waals surface area (Å²) >= 11 is 3.50. The average molecular weight is 449 g/mol. The second kappa shape index (κ2) is 9.01. The maximum Gasteiger partial charge on any atom is 0.213 e. The van der Waals surface area contributed by atoms with Gasteiger partial charge in [0.2, 0.25) is 5.88 Å². The normalized spacial score (nSPS) is 10.8. The van der Waals surface area contributed by atoms with Gasteiger partial charge in [-0.2, -0.15) is 5.10 Å². The number of pyridine rings is 1. The van der Waals surface area contributed by atoms with E-state index in [2.05, 4.69) is 66.8 Å². The first kappa shape index (κ1) is 19.3. The van der Waals surface area contributed by atoms with Gasteiger partial charge in [-0.15, -0.1) is 5.10 Å². The first-order valence-electron chi connectivity index (χ1n) is 9.42. The number of rotatable bonds is 7. The number of methoxy groups -OCH3 is 1. The van der Waals surface area contributed by atoms with Crippen molar-refractivity contribution >= 4 is 38.2 Å². The van der Waals surface area contributed by atoms with Crippen LogP contribution in [0.25, 0.3) is 10.8 Å². The molecule has 0 radical (unpaired) electrons. The minimum absolute atomic E-state index is 0.599. The summed E-state index contributed by atoms with van der Waals surface area (Å²) < 4.78 is 5.23. The molecule has 0 unspecified atom stereocenters. The molecule has 4 rings (SSSR count). The Bertz CT molecular complexity index is 1130. The van der Waals surface area contributed by atoms with E-state index >= 15 is 0 Å². The summed E-state index contributed by atoms with van der Waals surface area (Å²) in [5, 5.41) is 15.5. The molecule has 0 aliphatic rings. The number of ether oxygens (including phenoxy) is 1. The summed E-state index contributed by atoms with van der Waals surface area (Å²) in [6.45, 7) is 0. The van der Waals surface area contributed by atoms with Crippen LogP contribution in [0.3, 0.4) is 0 Å². The summed E-state index contributed by atoms with van der Waals surface area (Å²) in [6, 6.07) is 20.5. The number of aromatic nitrogens is 3. The van der Waals surface area contributed by atoms with Crippen LogP contribution in [0.1, 0.15) is 16.8 Å². The van der Waals surface area contributed by atoms with Crippen molar-refractivity contribution in [1.82, 2.24) is 15.2 Å². The van der Waals surface area contributed by atoms with Crippen LogP contribution in [0, 0.1) is 0 Å². The molecule has 146 valence electrons. The van der Waals surface area contributed by atoms with Gasteiger partial charge in [0.25, 0.3) is 0 Å². The van der Waals surface area contributed by atoms with Gasteiger partial charge < -0.3 is 10.1 Å². The fourth-order valence-corrected chi connectivity index (χ4v) is 3.76. The van der Waals surface area contributed by atoms with Crippen LogP contribution in [0.15, 0.2) is 66.9 Å². The molecule has 2 aromatic heterocycles. The molecule has 0 aliphatic carbocycles. The number of alkyl halides is 1. The Kier molecular flexibility index (Phi) is 6.00. The number of hydrogen-bond donors (Lipinski definition) is 1. The molecule has 1 N–H and O–H groups in total. The van der Waals surface area contributed by atoms with Gasteiger partial charge in [0.15, 0.2) is 5.82 Å². The Hall–Kier alpha value is -2.99. The van der Waals surface area contributed by atoms with Crippen molar-refractivity contribution in [3.8, 4) is 5.88 Å². The van der Waals surface area contributed by atoms with Crippen molar-refractivity contribution < 1.29 is 4.74 Å². The Morgan fingerprint density at radius 3 is 2.62 bits per heavy atom. The Morgan fingerprint density at radius 2 is 1.79 bits per heavy atom. The zero-order valence-corrected chi connectivity index (χ0v) is 17.7. The third kappa shape index (κ3) is 4.54. The number of anilines is 2. The second-order valence-electron chi connectivity index (χ2n) is 6.69. The molecule has 5 nitrogen and oxygen atoms in total. The van der Waals surface area contributed by atoms with Crippen LogP contribution >= 0.6 is 15.9 Å². The molecule has 6 heteroatoms. The quantitative estimate of drug-likeness (QED) is 0.388. The fourth-order valence-electron chi connectivity index (χ4n) is 3.30. The van der Waals surface area contributed by atoms with E-state index in [1.165, 1.54) is 5.56 Å². The lowest BCUT2D eigenvalue weighted by Crippen LogP contribution is -2.02. The highest BCUT2D eigenvalue weighted by atomic mass is 79.9. The van der Waals surface area contributed by atoms with Gasteiger partial charge >= 0.3 is 0 Å². The molecular weight excluding hydrogens is 428 g/mol. The molecule has 29 heavy (non-hydrogen) atoms. The molecule has 0 aliphatic heterocycles. The maximum absolute atomic E-state index is 5.23. The summed E-state index contributed by atoms with van der Waals surface area (Å²) in [5.41, 5.74) is 4.29. The van der Waals surface area contributed by atoms with Gasteiger partial charge in [-0.25, -0.2) is 4.98 Å². The molecule has 4 aromatic rings. The van der Waals surface area contributed by atoms with E-state index in [0.29, 0.717) is 12.3 Å². The Balaban J connectivity index is 1.67. The van der Waals surface area contributed by atoms with Gasteiger partial charge in [0.1, 0.15) is 0 Å². The molecule has 0 fully saturated rings. The van der Waals surface area contributed by atoms with Crippen molar-refractivity contribution in [2.45, 2.75) is 12.8 Å². The predicted octanol–water partition coefficient (Wildman–Crippen LogP) is 5.31. The van der Waals surface area contributed by atoms with Crippen LogP contribution in [0.4, 0.5) is 11.5 Å². The first-order chi connectivity index (χ1) is 14.3. The number of hydrogen-bond acceptors (Lipinski definition) is 5. The van der Waals surface area contributed by atoms with Gasteiger partial charge in [0, 0.05) is 40.5 Å². The SMILES string of the molecule is COc1cc(Cc2nnc(Nc3cccc(CCBr)c3)c3ccccc23)ccn1. The van der Waals surface area contributed by atoms with E-state index in [4.69, 9.17) is 4.74 Å². The minimum Gasteiger partial charge on any atom is -0.481 e. The fraction of sp³-hybridized carbons (Fsp3) is 0.174. The van der Waals surface area contributed by atoms with E-state index in [-0.39, 0.29) is 0 Å². The highest BCUT2D eigenvalue weighted by Crippen LogP contribution is 2.27. The van der Waals surface area contributed by atoms with E-state index in [1.807, 2.05) is 30.3 Å². The second-order valence-corrected chi connectivity index (χ2v) is 7.48. The van der Waals surface area contributed by atoms with Crippen molar-refractivity contribution in [3.63, 3.8) is 0 Å². The third-order valence-electron chi connectivity index (χ3n) is 4.72. The van der Waals surface area contributed by atoms with Gasteiger partial charge in [-0.3, -0.25) is 0 Å². The third-order valence-corrected chi connectivity index (χ3v) is 5.11. The van der Waals surface area contributed by atoms with Crippen LogP contribution in [-0.2, 0) is 12.8 Å². The maximum atomic E-state index is 5.23. The summed E-state index contributed by atoms with van der Waals surface area (Å²) in [5.74, 6) is 1.36. The highest BCUT2D eigenvalue weighted by Gasteiger charge is 2.11. The number of fused-ring (bicyclic) bond motifs is 1. The molecule has 0 atom stereocenters. The smallest absolute Gasteiger partial charge is 0.213 e. The van der Waals surface area contributed by atoms with E-state index in [1.54, 1.807) is 13.3 Å². The van der Waals surface area contributed by atoms with Crippen molar-refractivity contribution in [2.24, 2.45) is 0 Å². The molecule has 0 saturated carbocycles. The van der Waals surface area contributed by atoms with Crippen molar-refractivity contribution in [2.75, 3.05) is 17.8 Å². The Labute approximate surface area is 178 Å². The topological polar surface area (TPSA) is 59.9 Å². The predicted molar refractivity (Wildman–Crippen MR) is 120 cm³/mol. The van der Waals surface area contributed by atoms with Crippen LogP contribution < -0.4 is 10.1 Å². The minimum atomic E-state index is 0.599. The van der Waals surface area contributed by atoms with Crippen LogP contribution in [-0.4, -0.2) is 27.6 Å². The number of aryl methyl sites for hydroxylation is 1. The van der Waals surface area contributed by atoms with Gasteiger partial charge in [-0.05, 0) is 35.7 Å².